The van der Waals surface area contributed by atoms with Crippen molar-refractivity contribution in [1.82, 2.24) is 0 Å². The molecule has 72 valence electrons. The Morgan fingerprint density at radius 3 is 2.31 bits per heavy atom. The second kappa shape index (κ2) is 3.73. The van der Waals surface area contributed by atoms with Gasteiger partial charge < -0.3 is 3.07 Å². The number of alkyl halides is 3. The summed E-state index contributed by atoms with van der Waals surface area (Å²) >= 11 is 1.55. The number of rotatable bonds is 1. The first-order chi connectivity index (χ1) is 5.93. The quantitative estimate of drug-likeness (QED) is 0.718. The van der Waals surface area contributed by atoms with Crippen LogP contribution in [0.25, 0.3) is 0 Å². The Morgan fingerprint density at radius 1 is 1.23 bits per heavy atom. The molecule has 0 heterocycles. The molecule has 1 nitrogen and oxygen atoms in total. The Morgan fingerprint density at radius 2 is 1.85 bits per heavy atom. The molecule has 0 radical (unpaired) electrons. The molecule has 1 aromatic carbocycles. The minimum Gasteiger partial charge on any atom is -0.428 e. The molecule has 0 aliphatic heterocycles. The van der Waals surface area contributed by atoms with Gasteiger partial charge in [-0.2, -0.15) is 13.2 Å². The third-order valence-corrected chi connectivity index (χ3v) is 1.98. The first-order valence-corrected chi connectivity index (χ1v) is 4.29. The maximum absolute atomic E-state index is 12.2. The van der Waals surface area contributed by atoms with Crippen molar-refractivity contribution >= 4 is 23.0 Å². The molecule has 0 aliphatic carbocycles. The van der Waals surface area contributed by atoms with Crippen molar-refractivity contribution in [3.8, 4) is 5.75 Å². The number of benzene rings is 1. The standard InChI is InChI=1S/C8H6F3IO/c1-5-2-6(8(9,10)11)4-7(3-5)13-12/h2-4H,1H3. The van der Waals surface area contributed by atoms with E-state index in [1.165, 1.54) is 0 Å². The summed E-state index contributed by atoms with van der Waals surface area (Å²) in [5, 5.41) is 0. The predicted molar refractivity (Wildman–Crippen MR) is 50.8 cm³/mol. The SMILES string of the molecule is Cc1cc(OI)cc(C(F)(F)F)c1. The Kier molecular flexibility index (Phi) is 3.05. The molecule has 0 unspecified atom stereocenters. The minimum atomic E-state index is -4.31. The smallest absolute Gasteiger partial charge is 0.416 e. The van der Waals surface area contributed by atoms with Crippen LogP contribution in [0.1, 0.15) is 11.1 Å². The molecule has 1 aromatic rings. The van der Waals surface area contributed by atoms with Crippen LogP contribution in [-0.2, 0) is 6.18 Å². The monoisotopic (exact) mass is 302 g/mol. The fourth-order valence-corrected chi connectivity index (χ4v) is 1.21. The highest BCUT2D eigenvalue weighted by molar-refractivity contribution is 14.1. The van der Waals surface area contributed by atoms with E-state index in [1.54, 1.807) is 36.0 Å². The van der Waals surface area contributed by atoms with Crippen molar-refractivity contribution in [3.05, 3.63) is 29.3 Å². The van der Waals surface area contributed by atoms with Crippen molar-refractivity contribution in [2.75, 3.05) is 0 Å². The van der Waals surface area contributed by atoms with Gasteiger partial charge >= 0.3 is 6.18 Å². The van der Waals surface area contributed by atoms with Crippen LogP contribution in [0.15, 0.2) is 18.2 Å². The fraction of sp³-hybridized carbons (Fsp3) is 0.250. The highest BCUT2D eigenvalue weighted by Crippen LogP contribution is 2.32. The molecule has 0 N–H and O–H groups in total. The van der Waals surface area contributed by atoms with E-state index in [9.17, 15) is 13.2 Å². The highest BCUT2D eigenvalue weighted by atomic mass is 127. The third kappa shape index (κ3) is 2.75. The zero-order valence-electron chi connectivity index (χ0n) is 6.65. The minimum absolute atomic E-state index is 0.216. The second-order valence-corrected chi connectivity index (χ2v) is 3.05. The fourth-order valence-electron chi connectivity index (χ4n) is 0.956. The Balaban J connectivity index is 3.16. The summed E-state index contributed by atoms with van der Waals surface area (Å²) in [6.45, 7) is 1.59. The molecule has 0 saturated heterocycles. The van der Waals surface area contributed by atoms with E-state index in [0.29, 0.717) is 5.56 Å². The Labute approximate surface area is 87.6 Å². The van der Waals surface area contributed by atoms with E-state index in [-0.39, 0.29) is 5.75 Å². The summed E-state index contributed by atoms with van der Waals surface area (Å²) in [5.41, 5.74) is -0.152. The van der Waals surface area contributed by atoms with Crippen LogP contribution >= 0.6 is 23.0 Å². The molecule has 0 atom stereocenters. The van der Waals surface area contributed by atoms with Gasteiger partial charge in [0.25, 0.3) is 0 Å². The number of hydrogen-bond acceptors (Lipinski definition) is 1. The molecule has 0 bridgehead atoms. The van der Waals surface area contributed by atoms with Crippen molar-refractivity contribution in [1.29, 1.82) is 0 Å². The number of aryl methyl sites for hydroxylation is 1. The first kappa shape index (κ1) is 10.6. The van der Waals surface area contributed by atoms with E-state index in [1.807, 2.05) is 0 Å². The lowest BCUT2D eigenvalue weighted by molar-refractivity contribution is -0.137. The molecule has 1 rings (SSSR count). The van der Waals surface area contributed by atoms with Gasteiger partial charge in [-0.25, -0.2) is 0 Å². The molecule has 0 fully saturated rings. The van der Waals surface area contributed by atoms with Gasteiger partial charge in [-0.1, -0.05) is 0 Å². The predicted octanol–water partition coefficient (Wildman–Crippen LogP) is 3.74. The molecule has 0 saturated carbocycles. The van der Waals surface area contributed by atoms with Gasteiger partial charge in [-0.3, -0.25) is 0 Å². The van der Waals surface area contributed by atoms with Gasteiger partial charge in [0.1, 0.15) is 5.75 Å². The summed E-state index contributed by atoms with van der Waals surface area (Å²) < 4.78 is 41.4. The van der Waals surface area contributed by atoms with Gasteiger partial charge in [-0.15, -0.1) is 0 Å². The van der Waals surface area contributed by atoms with E-state index >= 15 is 0 Å². The first-order valence-electron chi connectivity index (χ1n) is 3.41. The molecular weight excluding hydrogens is 296 g/mol. The highest BCUT2D eigenvalue weighted by Gasteiger charge is 2.31. The largest absolute Gasteiger partial charge is 0.428 e. The lowest BCUT2D eigenvalue weighted by Crippen LogP contribution is -2.05. The van der Waals surface area contributed by atoms with Crippen molar-refractivity contribution in [3.63, 3.8) is 0 Å². The average Bonchev–Trinajstić information content (AvgIpc) is 2.01. The molecule has 5 heteroatoms. The van der Waals surface area contributed by atoms with Crippen LogP contribution in [-0.4, -0.2) is 0 Å². The maximum Gasteiger partial charge on any atom is 0.416 e. The van der Waals surface area contributed by atoms with Gasteiger partial charge in [0.2, 0.25) is 0 Å². The van der Waals surface area contributed by atoms with Crippen LogP contribution < -0.4 is 3.07 Å². The second-order valence-electron chi connectivity index (χ2n) is 2.61. The van der Waals surface area contributed by atoms with E-state index in [0.717, 1.165) is 12.1 Å². The summed E-state index contributed by atoms with van der Waals surface area (Å²) in [7, 11) is 0. The molecule has 0 aromatic heterocycles. The summed E-state index contributed by atoms with van der Waals surface area (Å²) in [5.74, 6) is 0.216. The van der Waals surface area contributed by atoms with Crippen LogP contribution in [0, 0.1) is 6.92 Å². The van der Waals surface area contributed by atoms with Gasteiger partial charge in [0, 0.05) is 0 Å². The zero-order chi connectivity index (χ0) is 10.1. The van der Waals surface area contributed by atoms with Crippen LogP contribution in [0.4, 0.5) is 13.2 Å². The summed E-state index contributed by atoms with van der Waals surface area (Å²) in [6.07, 6.45) is -4.31. The number of halogens is 4. The molecule has 0 aliphatic rings. The van der Waals surface area contributed by atoms with Crippen LogP contribution in [0.2, 0.25) is 0 Å². The topological polar surface area (TPSA) is 9.23 Å². The van der Waals surface area contributed by atoms with E-state index in [4.69, 9.17) is 3.07 Å². The van der Waals surface area contributed by atoms with Crippen molar-refractivity contribution < 1.29 is 16.2 Å². The lowest BCUT2D eigenvalue weighted by atomic mass is 10.1. The summed E-state index contributed by atoms with van der Waals surface area (Å²) in [4.78, 5) is 0. The van der Waals surface area contributed by atoms with Gasteiger partial charge in [-0.05, 0) is 30.7 Å². The average molecular weight is 302 g/mol. The molecular formula is C8H6F3IO. The number of hydrogen-bond donors (Lipinski definition) is 0. The van der Waals surface area contributed by atoms with E-state index in [2.05, 4.69) is 0 Å². The Hall–Kier alpha value is -0.460. The molecule has 0 spiro atoms. The van der Waals surface area contributed by atoms with Gasteiger partial charge in [0.05, 0.1) is 5.56 Å². The maximum atomic E-state index is 12.2. The third-order valence-electron chi connectivity index (χ3n) is 1.47. The van der Waals surface area contributed by atoms with E-state index < -0.39 is 11.7 Å². The molecule has 0 amide bonds. The normalized spacial score (nSPS) is 11.5. The lowest BCUT2D eigenvalue weighted by Gasteiger charge is -2.08. The zero-order valence-corrected chi connectivity index (χ0v) is 8.81. The molecule has 13 heavy (non-hydrogen) atoms. The Bertz CT molecular complexity index is 309. The van der Waals surface area contributed by atoms with Crippen LogP contribution in [0.3, 0.4) is 0 Å². The van der Waals surface area contributed by atoms with Crippen molar-refractivity contribution in [2.24, 2.45) is 0 Å². The summed E-state index contributed by atoms with van der Waals surface area (Å²) in [6, 6.07) is 3.60. The van der Waals surface area contributed by atoms with Gasteiger partial charge in [0.15, 0.2) is 23.0 Å². The van der Waals surface area contributed by atoms with Crippen molar-refractivity contribution in [2.45, 2.75) is 13.1 Å². The van der Waals surface area contributed by atoms with Crippen LogP contribution in [0.5, 0.6) is 5.75 Å².